The minimum Gasteiger partial charge on any atom is -0.507 e. The number of para-hydroxylation sites is 4. The van der Waals surface area contributed by atoms with Crippen LogP contribution in [0.25, 0.3) is 38.9 Å². The fraction of sp³-hybridized carbons (Fsp3) is 0.180. The zero-order chi connectivity index (χ0) is 44.7. The van der Waals surface area contributed by atoms with Gasteiger partial charge in [0.05, 0.1) is 11.0 Å². The summed E-state index contributed by atoms with van der Waals surface area (Å²) >= 11 is 0. The molecule has 8 aromatic rings. The molecule has 0 unspecified atom stereocenters. The molecule has 0 aliphatic carbocycles. The van der Waals surface area contributed by atoms with Crippen LogP contribution >= 0.6 is 0 Å². The minimum atomic E-state index is -2.83. The van der Waals surface area contributed by atoms with Crippen molar-refractivity contribution < 1.29 is 35.4 Å². The van der Waals surface area contributed by atoms with Crippen molar-refractivity contribution in [3.63, 3.8) is 0 Å². The summed E-state index contributed by atoms with van der Waals surface area (Å²) in [6, 6.07) is 39.5. The Hall–Kier alpha value is -5.93. The first kappa shape index (κ1) is 30.2. The molecule has 9 rings (SSSR count). The maximum absolute atomic E-state index is 8.91. The second-order valence-corrected chi connectivity index (χ2v) is 15.9. The van der Waals surface area contributed by atoms with Gasteiger partial charge in [0.15, 0.2) is 0 Å². The van der Waals surface area contributed by atoms with Crippen LogP contribution in [0.15, 0.2) is 134 Å². The quantitative estimate of drug-likeness (QED) is 0.123. The van der Waals surface area contributed by atoms with E-state index in [0.717, 1.165) is 50.3 Å². The molecule has 57 heavy (non-hydrogen) atoms. The van der Waals surface area contributed by atoms with E-state index in [4.69, 9.17) is 24.3 Å². The molecule has 0 spiro atoms. The van der Waals surface area contributed by atoms with Crippen molar-refractivity contribution in [2.75, 3.05) is 0 Å². The summed E-state index contributed by atoms with van der Waals surface area (Å²) in [6.45, 7) is 10.1. The van der Waals surface area contributed by atoms with Crippen LogP contribution in [0.5, 0.6) is 11.5 Å². The molecule has 0 amide bonds. The van der Waals surface area contributed by atoms with Gasteiger partial charge in [0.1, 0.15) is 11.5 Å². The van der Waals surface area contributed by atoms with E-state index in [0.29, 0.717) is 28.4 Å². The summed E-state index contributed by atoms with van der Waals surface area (Å²) in [5.74, 6) is 1.58. The standard InChI is InChI=1S/C50H43N5O.Pt/c1-33-20-22-34(23-21-33)40-14-8-10-16-42(40)54-32-53(44-18-12-13-19-45(44)54)37-26-36(50(5,6)7)27-38(29-37)56-39-30-46-48(52-31-39)41-15-9-11-17-43(41)55(46)47-28-35(24-25-51-47)49(2,3)4;/h8-28,31H,1-7H3;/q;+2/i1D3,20D,21D,22D,23D;. The molecule has 4 heterocycles. The van der Waals surface area contributed by atoms with E-state index in [1.165, 1.54) is 0 Å². The average Bonchev–Trinajstić information content (AvgIpc) is 3.78. The number of ether oxygens (including phenoxy) is 1. The van der Waals surface area contributed by atoms with Crippen molar-refractivity contribution in [3.8, 4) is 28.4 Å². The van der Waals surface area contributed by atoms with Gasteiger partial charge in [-0.15, -0.1) is 17.7 Å². The topological polar surface area (TPSA) is 46.0 Å². The summed E-state index contributed by atoms with van der Waals surface area (Å²) in [5.41, 5.74) is 6.56. The molecule has 3 aromatic heterocycles. The predicted octanol–water partition coefficient (Wildman–Crippen LogP) is 12.4. The molecule has 0 bridgehead atoms. The molecule has 0 saturated heterocycles. The summed E-state index contributed by atoms with van der Waals surface area (Å²) in [6.07, 6.45) is 3.51. The van der Waals surface area contributed by atoms with Crippen LogP contribution in [0.1, 0.15) is 67.8 Å². The molecule has 1 aliphatic rings. The normalized spacial score (nSPS) is 14.6. The Balaban J connectivity index is 0.00000560. The van der Waals surface area contributed by atoms with E-state index in [-0.39, 0.29) is 37.5 Å². The molecular formula is C50H43N5OPt+2. The summed E-state index contributed by atoms with van der Waals surface area (Å²) in [4.78, 5) is 9.71. The molecular weight excluding hydrogens is 882 g/mol. The van der Waals surface area contributed by atoms with Gasteiger partial charge in [-0.05, 0) is 80.3 Å². The van der Waals surface area contributed by atoms with Crippen LogP contribution in [-0.2, 0) is 31.9 Å². The molecule has 0 radical (unpaired) electrons. The smallest absolute Gasteiger partial charge is 0.507 e. The van der Waals surface area contributed by atoms with Crippen molar-refractivity contribution in [3.05, 3.63) is 162 Å². The Morgan fingerprint density at radius 2 is 1.40 bits per heavy atom. The first-order valence-electron chi connectivity index (χ1n) is 22.0. The molecule has 0 N–H and O–H groups in total. The first-order chi connectivity index (χ1) is 29.8. The van der Waals surface area contributed by atoms with Gasteiger partial charge in [-0.2, -0.15) is 0 Å². The van der Waals surface area contributed by atoms with Gasteiger partial charge in [0.2, 0.25) is 5.69 Å². The summed E-state index contributed by atoms with van der Waals surface area (Å²) in [7, 11) is 0. The number of rotatable bonds is 6. The first-order valence-corrected chi connectivity index (χ1v) is 18.5. The zero-order valence-corrected chi connectivity index (χ0v) is 34.6. The van der Waals surface area contributed by atoms with E-state index in [2.05, 4.69) is 76.4 Å². The summed E-state index contributed by atoms with van der Waals surface area (Å²) < 4.78 is 71.2. The second kappa shape index (κ2) is 14.5. The molecule has 5 aromatic carbocycles. The minimum absolute atomic E-state index is 0. The molecule has 1 aliphatic heterocycles. The SMILES string of the molecule is [2H]c1c([2H])c(C([2H])([2H])[2H])c([2H])c([2H])c1-c1ccccc1[N+]1=C=[N+](c2[c-]c(Oc3[c-]c4c(nc3)c3ccccc3n4-c3cc(C(C)(C)C)ccn3)cc(C(C)(C)C)c2)c2ccccc21.[Pt+2]. The third-order valence-corrected chi connectivity index (χ3v) is 10.0. The Morgan fingerprint density at radius 1 is 0.719 bits per heavy atom. The van der Waals surface area contributed by atoms with Crippen LogP contribution in [0.4, 0.5) is 22.7 Å². The maximum atomic E-state index is 8.91. The molecule has 0 saturated carbocycles. The number of hydrogen-bond donors (Lipinski definition) is 0. The largest absolute Gasteiger partial charge is 2.00 e. The molecule has 7 heteroatoms. The van der Waals surface area contributed by atoms with E-state index in [1.54, 1.807) is 22.9 Å². The van der Waals surface area contributed by atoms with Crippen molar-refractivity contribution in [2.24, 2.45) is 0 Å². The third kappa shape index (κ3) is 7.05. The van der Waals surface area contributed by atoms with E-state index in [1.807, 2.05) is 83.6 Å². The van der Waals surface area contributed by atoms with Crippen molar-refractivity contribution in [2.45, 2.75) is 59.2 Å². The fourth-order valence-corrected chi connectivity index (χ4v) is 7.04. The number of aromatic nitrogens is 3. The molecule has 6 nitrogen and oxygen atoms in total. The van der Waals surface area contributed by atoms with Crippen molar-refractivity contribution in [1.82, 2.24) is 23.7 Å². The fourth-order valence-electron chi connectivity index (χ4n) is 7.04. The third-order valence-electron chi connectivity index (χ3n) is 10.0. The maximum Gasteiger partial charge on any atom is 2.00 e. The van der Waals surface area contributed by atoms with Gasteiger partial charge in [-0.3, -0.25) is 0 Å². The summed E-state index contributed by atoms with van der Waals surface area (Å²) in [5, 5.41) is 0.970. The van der Waals surface area contributed by atoms with Crippen LogP contribution in [0, 0.1) is 19.0 Å². The number of hydrogen-bond acceptors (Lipinski definition) is 3. The Bertz CT molecular complexity index is 3240. The average molecular weight is 932 g/mol. The zero-order valence-electron chi connectivity index (χ0n) is 39.4. The number of pyridine rings is 2. The Morgan fingerprint density at radius 3 is 2.14 bits per heavy atom. The van der Waals surface area contributed by atoms with Gasteiger partial charge in [0.25, 0.3) is 11.4 Å². The number of fused-ring (bicyclic) bond motifs is 4. The van der Waals surface area contributed by atoms with Crippen LogP contribution in [-0.4, -0.2) is 20.5 Å². The number of benzene rings is 5. The van der Waals surface area contributed by atoms with E-state index >= 15 is 0 Å². The van der Waals surface area contributed by atoms with Gasteiger partial charge < -0.3 is 14.3 Å². The molecule has 0 fully saturated rings. The van der Waals surface area contributed by atoms with Crippen LogP contribution in [0.3, 0.4) is 0 Å². The Labute approximate surface area is 358 Å². The monoisotopic (exact) mass is 931 g/mol. The Kier molecular flexibility index (Phi) is 7.71. The predicted molar refractivity (Wildman–Crippen MR) is 229 cm³/mol. The van der Waals surface area contributed by atoms with Gasteiger partial charge in [0, 0.05) is 45.5 Å². The van der Waals surface area contributed by atoms with E-state index in [9.17, 15) is 0 Å². The van der Waals surface area contributed by atoms with Crippen molar-refractivity contribution in [1.29, 1.82) is 0 Å². The van der Waals surface area contributed by atoms with Crippen LogP contribution < -0.4 is 13.9 Å². The number of nitrogens with zero attached hydrogens (tertiary/aromatic N) is 5. The van der Waals surface area contributed by atoms with Crippen LogP contribution in [0.2, 0.25) is 0 Å². The molecule has 282 valence electrons. The van der Waals surface area contributed by atoms with Crippen molar-refractivity contribution >= 4 is 50.7 Å². The second-order valence-electron chi connectivity index (χ2n) is 15.9. The van der Waals surface area contributed by atoms with Gasteiger partial charge in [-0.25, -0.2) is 4.98 Å². The van der Waals surface area contributed by atoms with E-state index < -0.39 is 36.6 Å². The van der Waals surface area contributed by atoms with Gasteiger partial charge in [-0.1, -0.05) is 130 Å². The van der Waals surface area contributed by atoms with Gasteiger partial charge >= 0.3 is 27.1 Å². The molecule has 0 atom stereocenters.